The summed E-state index contributed by atoms with van der Waals surface area (Å²) >= 11 is 5.78. The van der Waals surface area contributed by atoms with E-state index in [0.717, 1.165) is 30.3 Å². The maximum atomic E-state index is 13.6. The maximum absolute atomic E-state index is 13.6. The summed E-state index contributed by atoms with van der Waals surface area (Å²) < 4.78 is 50.4. The van der Waals surface area contributed by atoms with Crippen molar-refractivity contribution in [3.63, 3.8) is 0 Å². The lowest BCUT2D eigenvalue weighted by molar-refractivity contribution is 0.586. The van der Waals surface area contributed by atoms with Crippen molar-refractivity contribution in [1.82, 2.24) is 0 Å². The summed E-state index contributed by atoms with van der Waals surface area (Å²) in [4.78, 5) is -0.0757. The molecule has 100 valence electrons. The van der Waals surface area contributed by atoms with Crippen LogP contribution in [0, 0.1) is 11.6 Å². The van der Waals surface area contributed by atoms with Gasteiger partial charge in [-0.15, -0.1) is 0 Å². The molecule has 6 heteroatoms. The van der Waals surface area contributed by atoms with E-state index in [1.54, 1.807) is 0 Å². The quantitative estimate of drug-likeness (QED) is 0.812. The van der Waals surface area contributed by atoms with Gasteiger partial charge >= 0.3 is 0 Å². The monoisotopic (exact) mass is 302 g/mol. The van der Waals surface area contributed by atoms with Gasteiger partial charge in [-0.2, -0.15) is 0 Å². The summed E-state index contributed by atoms with van der Waals surface area (Å²) in [5, 5.41) is 0.0469. The first-order chi connectivity index (χ1) is 8.90. The molecule has 0 aliphatic carbocycles. The van der Waals surface area contributed by atoms with Crippen LogP contribution in [0.25, 0.3) is 0 Å². The highest BCUT2D eigenvalue weighted by Gasteiger charge is 2.19. The zero-order valence-corrected chi connectivity index (χ0v) is 11.2. The van der Waals surface area contributed by atoms with Crippen molar-refractivity contribution in [2.24, 2.45) is 0 Å². The van der Waals surface area contributed by atoms with E-state index in [0.29, 0.717) is 0 Å². The summed E-state index contributed by atoms with van der Waals surface area (Å²) in [5.74, 6) is -1.79. The van der Waals surface area contributed by atoms with Gasteiger partial charge in [0.15, 0.2) is 9.84 Å². The van der Waals surface area contributed by atoms with Crippen molar-refractivity contribution in [3.05, 3.63) is 64.7 Å². The Kier molecular flexibility index (Phi) is 3.87. The molecule has 0 aromatic heterocycles. The van der Waals surface area contributed by atoms with Crippen molar-refractivity contribution >= 4 is 21.4 Å². The van der Waals surface area contributed by atoms with Gasteiger partial charge in [0.1, 0.15) is 11.6 Å². The summed E-state index contributed by atoms with van der Waals surface area (Å²) in [6.07, 6.45) is 0. The van der Waals surface area contributed by atoms with Gasteiger partial charge in [0.05, 0.1) is 10.6 Å². The zero-order chi connectivity index (χ0) is 14.0. The minimum Gasteiger partial charge on any atom is -0.223 e. The molecule has 0 aliphatic heterocycles. The Morgan fingerprint density at radius 2 is 1.63 bits per heavy atom. The Labute approximate surface area is 114 Å². The van der Waals surface area contributed by atoms with Crippen LogP contribution < -0.4 is 0 Å². The van der Waals surface area contributed by atoms with Crippen molar-refractivity contribution in [2.45, 2.75) is 10.6 Å². The normalized spacial score (nSPS) is 11.5. The third kappa shape index (κ3) is 3.11. The van der Waals surface area contributed by atoms with Crippen LogP contribution in [0.4, 0.5) is 8.78 Å². The fourth-order valence-electron chi connectivity index (χ4n) is 1.59. The van der Waals surface area contributed by atoms with E-state index < -0.39 is 27.2 Å². The van der Waals surface area contributed by atoms with E-state index in [4.69, 9.17) is 11.6 Å². The van der Waals surface area contributed by atoms with Gasteiger partial charge in [-0.3, -0.25) is 0 Å². The van der Waals surface area contributed by atoms with E-state index in [2.05, 4.69) is 0 Å². The van der Waals surface area contributed by atoms with Crippen molar-refractivity contribution < 1.29 is 17.2 Å². The average molecular weight is 303 g/mol. The lowest BCUT2D eigenvalue weighted by Crippen LogP contribution is -2.07. The molecule has 2 aromatic carbocycles. The molecule has 0 saturated carbocycles. The Morgan fingerprint density at radius 3 is 2.21 bits per heavy atom. The first kappa shape index (κ1) is 14.0. The Balaban J connectivity index is 2.39. The first-order valence-corrected chi connectivity index (χ1v) is 7.34. The zero-order valence-electron chi connectivity index (χ0n) is 9.61. The minimum atomic E-state index is -3.77. The van der Waals surface area contributed by atoms with Crippen LogP contribution in [0.5, 0.6) is 0 Å². The van der Waals surface area contributed by atoms with Gasteiger partial charge in [-0.25, -0.2) is 17.2 Å². The fourth-order valence-corrected chi connectivity index (χ4v) is 3.29. The van der Waals surface area contributed by atoms with Crippen molar-refractivity contribution in [1.29, 1.82) is 0 Å². The fraction of sp³-hybridized carbons (Fsp3) is 0.0769. The highest BCUT2D eigenvalue weighted by atomic mass is 35.5. The van der Waals surface area contributed by atoms with Crippen LogP contribution >= 0.6 is 11.6 Å². The summed E-state index contributed by atoms with van der Waals surface area (Å²) in [7, 11) is -3.77. The molecule has 0 aliphatic rings. The van der Waals surface area contributed by atoms with Gasteiger partial charge < -0.3 is 0 Å². The largest absolute Gasteiger partial charge is 0.223 e. The summed E-state index contributed by atoms with van der Waals surface area (Å²) in [6, 6.07) is 8.30. The van der Waals surface area contributed by atoms with Gasteiger partial charge in [0, 0.05) is 10.6 Å². The number of sulfone groups is 1. The molecule has 0 amide bonds. The summed E-state index contributed by atoms with van der Waals surface area (Å²) in [6.45, 7) is 0. The Hall–Kier alpha value is -1.46. The van der Waals surface area contributed by atoms with E-state index >= 15 is 0 Å². The van der Waals surface area contributed by atoms with Crippen LogP contribution in [0.1, 0.15) is 5.56 Å². The van der Waals surface area contributed by atoms with E-state index in [-0.39, 0.29) is 15.5 Å². The van der Waals surface area contributed by atoms with Gasteiger partial charge in [-0.1, -0.05) is 17.7 Å². The van der Waals surface area contributed by atoms with E-state index in [1.165, 1.54) is 12.1 Å². The third-order valence-electron chi connectivity index (χ3n) is 2.57. The molecule has 0 bridgehead atoms. The highest BCUT2D eigenvalue weighted by molar-refractivity contribution is 7.90. The highest BCUT2D eigenvalue weighted by Crippen LogP contribution is 2.24. The first-order valence-electron chi connectivity index (χ1n) is 5.31. The number of hydrogen-bond donors (Lipinski definition) is 0. The molecule has 19 heavy (non-hydrogen) atoms. The Morgan fingerprint density at radius 1 is 1.00 bits per heavy atom. The van der Waals surface area contributed by atoms with Crippen molar-refractivity contribution in [3.8, 4) is 0 Å². The molecule has 0 atom stereocenters. The summed E-state index contributed by atoms with van der Waals surface area (Å²) in [5.41, 5.74) is -0.0894. The molecular formula is C13H9ClF2O2S. The van der Waals surface area contributed by atoms with E-state index in [9.17, 15) is 17.2 Å². The van der Waals surface area contributed by atoms with Crippen LogP contribution in [-0.4, -0.2) is 8.42 Å². The van der Waals surface area contributed by atoms with Crippen molar-refractivity contribution in [2.75, 3.05) is 0 Å². The maximum Gasteiger partial charge on any atom is 0.182 e. The van der Waals surface area contributed by atoms with Gasteiger partial charge in [0.2, 0.25) is 0 Å². The molecule has 0 N–H and O–H groups in total. The molecule has 2 aromatic rings. The number of rotatable bonds is 3. The SMILES string of the molecule is O=S(=O)(Cc1c(F)cccc1Cl)c1ccc(F)cc1. The second-order valence-corrected chi connectivity index (χ2v) is 6.31. The van der Waals surface area contributed by atoms with Gasteiger partial charge in [-0.05, 0) is 36.4 Å². The smallest absolute Gasteiger partial charge is 0.182 e. The molecule has 0 saturated heterocycles. The molecule has 0 fully saturated rings. The standard InChI is InChI=1S/C13H9ClF2O2S/c14-12-2-1-3-13(16)11(12)8-19(17,18)10-6-4-9(15)5-7-10/h1-7H,8H2. The second kappa shape index (κ2) is 5.27. The molecule has 0 spiro atoms. The van der Waals surface area contributed by atoms with Gasteiger partial charge in [0.25, 0.3) is 0 Å². The average Bonchev–Trinajstić information content (AvgIpc) is 2.35. The molecule has 0 heterocycles. The number of benzene rings is 2. The predicted molar refractivity (Wildman–Crippen MR) is 68.7 cm³/mol. The van der Waals surface area contributed by atoms with Crippen LogP contribution in [0.15, 0.2) is 47.4 Å². The lowest BCUT2D eigenvalue weighted by atomic mass is 10.2. The topological polar surface area (TPSA) is 34.1 Å². The van der Waals surface area contributed by atoms with Crippen LogP contribution in [0.3, 0.4) is 0 Å². The van der Waals surface area contributed by atoms with Crippen LogP contribution in [-0.2, 0) is 15.6 Å². The minimum absolute atomic E-state index is 0.0469. The molecular weight excluding hydrogens is 294 g/mol. The van der Waals surface area contributed by atoms with Crippen LogP contribution in [0.2, 0.25) is 5.02 Å². The molecule has 0 radical (unpaired) electrons. The third-order valence-corrected chi connectivity index (χ3v) is 4.58. The molecule has 0 unspecified atom stereocenters. The second-order valence-electron chi connectivity index (χ2n) is 3.91. The predicted octanol–water partition coefficient (Wildman–Crippen LogP) is 3.59. The number of hydrogen-bond acceptors (Lipinski definition) is 2. The molecule has 2 nitrogen and oxygen atoms in total. The molecule has 2 rings (SSSR count). The lowest BCUT2D eigenvalue weighted by Gasteiger charge is -2.07. The van der Waals surface area contributed by atoms with E-state index in [1.807, 2.05) is 0 Å². The Bertz CT molecular complexity index is 677. The number of halogens is 3.